The van der Waals surface area contributed by atoms with Crippen molar-refractivity contribution < 1.29 is 23.0 Å². The van der Waals surface area contributed by atoms with E-state index in [1.54, 1.807) is 18.2 Å². The normalized spacial score (nSPS) is 15.7. The average Bonchev–Trinajstić information content (AvgIpc) is 3.06. The number of nitrogens with one attached hydrogen (secondary N) is 1. The topological polar surface area (TPSA) is 45.2 Å². The molecule has 2 aromatic carbocycles. The fraction of sp³-hybridized carbons (Fsp3) is 0.364. The number of benzene rings is 2. The van der Waals surface area contributed by atoms with Gasteiger partial charge in [-0.3, -0.25) is 0 Å². The van der Waals surface area contributed by atoms with Gasteiger partial charge < -0.3 is 14.8 Å². The monoisotopic (exact) mass is 423 g/mol. The molecule has 2 N–H and O–H groups in total. The van der Waals surface area contributed by atoms with Crippen LogP contribution in [0.25, 0.3) is 10.9 Å². The smallest absolute Gasteiger partial charge is 0.420 e. The van der Waals surface area contributed by atoms with E-state index >= 15 is 0 Å². The Hall–Kier alpha value is -2.34. The predicted molar refractivity (Wildman–Crippen MR) is 107 cm³/mol. The number of aromatic hydroxyl groups is 1. The number of aromatic amines is 1. The Morgan fingerprint density at radius 3 is 2.59 bits per heavy atom. The van der Waals surface area contributed by atoms with E-state index in [0.717, 1.165) is 29.0 Å². The zero-order valence-electron chi connectivity index (χ0n) is 15.7. The Bertz CT molecular complexity index is 1020. The maximum Gasteiger partial charge on any atom is 0.420 e. The van der Waals surface area contributed by atoms with Gasteiger partial charge in [0.25, 0.3) is 0 Å². The highest BCUT2D eigenvalue weighted by molar-refractivity contribution is 6.32. The van der Waals surface area contributed by atoms with Crippen LogP contribution in [0.1, 0.15) is 43.2 Å². The zero-order valence-corrected chi connectivity index (χ0v) is 16.4. The minimum atomic E-state index is -4.71. The number of ether oxygens (including phenoxy) is 1. The Morgan fingerprint density at radius 2 is 1.86 bits per heavy atom. The molecule has 1 fully saturated rings. The van der Waals surface area contributed by atoms with Gasteiger partial charge in [-0.15, -0.1) is 0 Å². The van der Waals surface area contributed by atoms with Crippen LogP contribution < -0.4 is 4.74 Å². The van der Waals surface area contributed by atoms with Crippen molar-refractivity contribution in [2.24, 2.45) is 5.92 Å². The van der Waals surface area contributed by atoms with Gasteiger partial charge in [0, 0.05) is 23.2 Å². The van der Waals surface area contributed by atoms with Crippen molar-refractivity contribution in [1.29, 1.82) is 0 Å². The fourth-order valence-corrected chi connectivity index (χ4v) is 4.36. The molecule has 1 aliphatic rings. The van der Waals surface area contributed by atoms with Crippen LogP contribution in [-0.4, -0.2) is 10.1 Å². The number of hydrogen-bond acceptors (Lipinski definition) is 2. The molecule has 0 saturated heterocycles. The number of hydrogen-bond donors (Lipinski definition) is 2. The minimum absolute atomic E-state index is 0.264. The lowest BCUT2D eigenvalue weighted by Crippen LogP contribution is -2.09. The number of H-pyrrole nitrogens is 1. The molecular formula is C22H21ClF3NO2. The second kappa shape index (κ2) is 7.82. The summed E-state index contributed by atoms with van der Waals surface area (Å²) in [6.07, 6.45) is 4.41. The number of aromatic nitrogens is 1. The standard InChI is InChI=1S/C22H21ClF3NO2/c23-19-10-15(28)9-18(22(24,25)26)21(19)29-16-6-7-20-17(11-16)14(12-27-20)8-13-4-2-1-3-5-13/h6-7,9-13,27-28H,1-5,8H2. The Morgan fingerprint density at radius 1 is 1.10 bits per heavy atom. The molecule has 3 nitrogen and oxygen atoms in total. The maximum atomic E-state index is 13.4. The molecule has 7 heteroatoms. The number of rotatable bonds is 4. The van der Waals surface area contributed by atoms with Gasteiger partial charge in [-0.1, -0.05) is 43.7 Å². The highest BCUT2D eigenvalue weighted by Gasteiger charge is 2.36. The fourth-order valence-electron chi connectivity index (χ4n) is 4.10. The van der Waals surface area contributed by atoms with Crippen LogP contribution in [0.4, 0.5) is 13.2 Å². The van der Waals surface area contributed by atoms with E-state index in [1.807, 2.05) is 6.20 Å². The summed E-state index contributed by atoms with van der Waals surface area (Å²) in [5.41, 5.74) is 0.945. The van der Waals surface area contributed by atoms with Crippen LogP contribution in [0.5, 0.6) is 17.2 Å². The van der Waals surface area contributed by atoms with Gasteiger partial charge in [0.2, 0.25) is 0 Å². The molecule has 29 heavy (non-hydrogen) atoms. The number of alkyl halides is 3. The first kappa shape index (κ1) is 20.0. The molecule has 1 aliphatic carbocycles. The molecule has 1 saturated carbocycles. The van der Waals surface area contributed by atoms with Crippen LogP contribution in [0.2, 0.25) is 5.02 Å². The van der Waals surface area contributed by atoms with Crippen molar-refractivity contribution >= 4 is 22.5 Å². The van der Waals surface area contributed by atoms with E-state index in [9.17, 15) is 18.3 Å². The Balaban J connectivity index is 1.66. The largest absolute Gasteiger partial charge is 0.508 e. The van der Waals surface area contributed by atoms with Crippen molar-refractivity contribution in [2.45, 2.75) is 44.7 Å². The third-order valence-corrected chi connectivity index (χ3v) is 5.81. The van der Waals surface area contributed by atoms with Crippen LogP contribution in [0.15, 0.2) is 36.5 Å². The molecule has 154 valence electrons. The Labute approximate surface area is 171 Å². The third-order valence-electron chi connectivity index (χ3n) is 5.53. The zero-order chi connectivity index (χ0) is 20.6. The maximum absolute atomic E-state index is 13.4. The average molecular weight is 424 g/mol. The second-order valence-corrected chi connectivity index (χ2v) is 8.04. The molecule has 0 radical (unpaired) electrons. The molecule has 1 heterocycles. The van der Waals surface area contributed by atoms with Crippen LogP contribution >= 0.6 is 11.6 Å². The van der Waals surface area contributed by atoms with Gasteiger partial charge in [0.15, 0.2) is 5.75 Å². The van der Waals surface area contributed by atoms with Crippen LogP contribution in [0, 0.1) is 5.92 Å². The number of halogens is 4. The molecule has 0 atom stereocenters. The summed E-state index contributed by atoms with van der Waals surface area (Å²) in [5.74, 6) is -0.179. The van der Waals surface area contributed by atoms with E-state index in [-0.39, 0.29) is 10.8 Å². The van der Waals surface area contributed by atoms with E-state index < -0.39 is 23.2 Å². The molecular weight excluding hydrogens is 403 g/mol. The van der Waals surface area contributed by atoms with Crippen LogP contribution in [0.3, 0.4) is 0 Å². The molecule has 0 aliphatic heterocycles. The van der Waals surface area contributed by atoms with Gasteiger partial charge in [-0.25, -0.2) is 0 Å². The van der Waals surface area contributed by atoms with Gasteiger partial charge in [-0.05, 0) is 42.2 Å². The number of phenolic OH excluding ortho intramolecular Hbond substituents is 1. The summed E-state index contributed by atoms with van der Waals surface area (Å²) in [4.78, 5) is 3.23. The molecule has 0 amide bonds. The van der Waals surface area contributed by atoms with Crippen LogP contribution in [-0.2, 0) is 12.6 Å². The van der Waals surface area contributed by atoms with Crippen molar-refractivity contribution in [2.75, 3.05) is 0 Å². The SMILES string of the molecule is Oc1cc(Cl)c(Oc2ccc3[nH]cc(CC4CCCCC4)c3c2)c(C(F)(F)F)c1. The quantitative estimate of drug-likeness (QED) is 0.457. The van der Waals surface area contributed by atoms with Gasteiger partial charge >= 0.3 is 6.18 Å². The molecule has 1 aromatic heterocycles. The lowest BCUT2D eigenvalue weighted by Gasteiger charge is -2.21. The first-order valence-electron chi connectivity index (χ1n) is 9.69. The first-order valence-corrected chi connectivity index (χ1v) is 10.1. The molecule has 4 rings (SSSR count). The summed E-state index contributed by atoms with van der Waals surface area (Å²) in [6, 6.07) is 6.79. The van der Waals surface area contributed by atoms with Crippen molar-refractivity contribution in [3.63, 3.8) is 0 Å². The summed E-state index contributed by atoms with van der Waals surface area (Å²) in [5, 5.41) is 10.2. The van der Waals surface area contributed by atoms with E-state index in [2.05, 4.69) is 4.98 Å². The predicted octanol–water partition coefficient (Wildman–Crippen LogP) is 7.46. The molecule has 0 spiro atoms. The van der Waals surface area contributed by atoms with E-state index in [0.29, 0.717) is 12.0 Å². The lowest BCUT2D eigenvalue weighted by atomic mass is 9.85. The summed E-state index contributed by atoms with van der Waals surface area (Å²) in [7, 11) is 0. The summed E-state index contributed by atoms with van der Waals surface area (Å²) in [6.45, 7) is 0. The van der Waals surface area contributed by atoms with Crippen molar-refractivity contribution in [1.82, 2.24) is 4.98 Å². The van der Waals surface area contributed by atoms with Gasteiger partial charge in [-0.2, -0.15) is 13.2 Å². The van der Waals surface area contributed by atoms with Gasteiger partial charge in [0.1, 0.15) is 17.1 Å². The summed E-state index contributed by atoms with van der Waals surface area (Å²) >= 11 is 5.96. The second-order valence-electron chi connectivity index (χ2n) is 7.63. The summed E-state index contributed by atoms with van der Waals surface area (Å²) < 4.78 is 45.7. The lowest BCUT2D eigenvalue weighted by molar-refractivity contribution is -0.138. The molecule has 3 aromatic rings. The van der Waals surface area contributed by atoms with Gasteiger partial charge in [0.05, 0.1) is 5.02 Å². The molecule has 0 unspecified atom stereocenters. The van der Waals surface area contributed by atoms with E-state index in [1.165, 1.54) is 32.1 Å². The molecule has 0 bridgehead atoms. The van der Waals surface area contributed by atoms with Crippen molar-refractivity contribution in [3.05, 3.63) is 52.7 Å². The highest BCUT2D eigenvalue weighted by Crippen LogP contribution is 2.44. The third kappa shape index (κ3) is 4.32. The first-order chi connectivity index (χ1) is 13.8. The van der Waals surface area contributed by atoms with E-state index in [4.69, 9.17) is 16.3 Å². The Kier molecular flexibility index (Phi) is 5.38. The van der Waals surface area contributed by atoms with Crippen molar-refractivity contribution in [3.8, 4) is 17.2 Å². The number of phenols is 1. The highest BCUT2D eigenvalue weighted by atomic mass is 35.5. The minimum Gasteiger partial charge on any atom is -0.508 e. The number of fused-ring (bicyclic) bond motifs is 1.